The molecule has 106 valence electrons. The Balaban J connectivity index is 1.64. The monoisotopic (exact) mass is 274 g/mol. The van der Waals surface area contributed by atoms with Crippen molar-refractivity contribution in [1.82, 2.24) is 5.32 Å². The van der Waals surface area contributed by atoms with Gasteiger partial charge in [-0.3, -0.25) is 0 Å². The van der Waals surface area contributed by atoms with E-state index in [4.69, 9.17) is 4.42 Å². The Labute approximate surface area is 118 Å². The predicted octanol–water partition coefficient (Wildman–Crippen LogP) is 3.31. The molecule has 1 saturated carbocycles. The van der Waals surface area contributed by atoms with Crippen molar-refractivity contribution in [3.05, 3.63) is 53.7 Å². The highest BCUT2D eigenvalue weighted by Gasteiger charge is 2.21. The van der Waals surface area contributed by atoms with Crippen molar-refractivity contribution in [3.63, 3.8) is 0 Å². The van der Waals surface area contributed by atoms with Crippen LogP contribution < -0.4 is 10.2 Å². The predicted molar refractivity (Wildman–Crippen MR) is 77.1 cm³/mol. The molecule has 1 aromatic carbocycles. The van der Waals surface area contributed by atoms with Gasteiger partial charge in [-0.25, -0.2) is 4.39 Å². The Morgan fingerprint density at radius 2 is 2.00 bits per heavy atom. The quantitative estimate of drug-likeness (QED) is 0.876. The molecule has 3 rings (SSSR count). The Hall–Kier alpha value is -1.81. The fourth-order valence-corrected chi connectivity index (χ4v) is 2.21. The zero-order valence-corrected chi connectivity index (χ0v) is 11.6. The first-order valence-corrected chi connectivity index (χ1v) is 6.98. The number of hydrogen-bond donors (Lipinski definition) is 1. The van der Waals surface area contributed by atoms with Gasteiger partial charge in [0.2, 0.25) is 0 Å². The molecule has 4 heteroatoms. The topological polar surface area (TPSA) is 28.4 Å². The summed E-state index contributed by atoms with van der Waals surface area (Å²) in [5.74, 6) is 0.749. The number of nitrogens with zero attached hydrogens (tertiary/aromatic N) is 1. The lowest BCUT2D eigenvalue weighted by molar-refractivity contribution is 0.499. The van der Waals surface area contributed by atoms with Gasteiger partial charge < -0.3 is 14.6 Å². The molecule has 0 aliphatic heterocycles. The van der Waals surface area contributed by atoms with E-state index < -0.39 is 0 Å². The minimum Gasteiger partial charge on any atom is -0.467 e. The van der Waals surface area contributed by atoms with Gasteiger partial charge in [-0.15, -0.1) is 0 Å². The second kappa shape index (κ2) is 5.67. The number of furan rings is 1. The molecule has 3 nitrogen and oxygen atoms in total. The second-order valence-electron chi connectivity index (χ2n) is 5.36. The summed E-state index contributed by atoms with van der Waals surface area (Å²) in [4.78, 5) is 2.05. The fraction of sp³-hybridized carbons (Fsp3) is 0.375. The van der Waals surface area contributed by atoms with Crippen LogP contribution in [0.2, 0.25) is 0 Å². The highest BCUT2D eigenvalue weighted by molar-refractivity contribution is 5.45. The van der Waals surface area contributed by atoms with Gasteiger partial charge in [-0.1, -0.05) is 0 Å². The first-order valence-electron chi connectivity index (χ1n) is 6.98. The van der Waals surface area contributed by atoms with Crippen molar-refractivity contribution in [2.75, 3.05) is 11.9 Å². The lowest BCUT2D eigenvalue weighted by atomic mass is 10.2. The molecule has 0 spiro atoms. The molecular weight excluding hydrogens is 255 g/mol. The molecule has 1 heterocycles. The van der Waals surface area contributed by atoms with E-state index in [1.54, 1.807) is 18.4 Å². The summed E-state index contributed by atoms with van der Waals surface area (Å²) in [6.07, 6.45) is 4.29. The van der Waals surface area contributed by atoms with Crippen LogP contribution in [0.4, 0.5) is 10.1 Å². The SMILES string of the molecule is CN(Cc1occc1CNC1CC1)c1ccc(F)cc1. The van der Waals surface area contributed by atoms with Crippen LogP contribution in [0.15, 0.2) is 41.0 Å². The van der Waals surface area contributed by atoms with Crippen molar-refractivity contribution >= 4 is 5.69 Å². The maximum atomic E-state index is 12.9. The molecule has 1 fully saturated rings. The average Bonchev–Trinajstić information content (AvgIpc) is 3.18. The standard InChI is InChI=1S/C16H19FN2O/c1-19(15-6-2-13(17)3-7-15)11-16-12(8-9-20-16)10-18-14-4-5-14/h2-3,6-9,14,18H,4-5,10-11H2,1H3. The van der Waals surface area contributed by atoms with Crippen LogP contribution in [0.25, 0.3) is 0 Å². The maximum absolute atomic E-state index is 12.9. The molecule has 1 aliphatic carbocycles. The molecule has 0 atom stereocenters. The van der Waals surface area contributed by atoms with Crippen molar-refractivity contribution in [2.45, 2.75) is 32.0 Å². The second-order valence-corrected chi connectivity index (χ2v) is 5.36. The Kier molecular flexibility index (Phi) is 3.74. The van der Waals surface area contributed by atoms with Crippen molar-refractivity contribution in [3.8, 4) is 0 Å². The van der Waals surface area contributed by atoms with E-state index >= 15 is 0 Å². The molecule has 1 aromatic heterocycles. The summed E-state index contributed by atoms with van der Waals surface area (Å²) < 4.78 is 18.5. The largest absolute Gasteiger partial charge is 0.467 e. The lowest BCUT2D eigenvalue weighted by Gasteiger charge is -2.18. The summed E-state index contributed by atoms with van der Waals surface area (Å²) in [5, 5.41) is 3.49. The summed E-state index contributed by atoms with van der Waals surface area (Å²) in [7, 11) is 1.98. The van der Waals surface area contributed by atoms with Crippen LogP contribution in [-0.2, 0) is 13.1 Å². The molecule has 2 aromatic rings. The minimum atomic E-state index is -0.213. The van der Waals surface area contributed by atoms with Crippen LogP contribution >= 0.6 is 0 Å². The fourth-order valence-electron chi connectivity index (χ4n) is 2.21. The van der Waals surface area contributed by atoms with Gasteiger partial charge in [0.25, 0.3) is 0 Å². The van der Waals surface area contributed by atoms with E-state index in [-0.39, 0.29) is 5.82 Å². The molecule has 0 unspecified atom stereocenters. The minimum absolute atomic E-state index is 0.213. The summed E-state index contributed by atoms with van der Waals surface area (Å²) >= 11 is 0. The molecule has 0 bridgehead atoms. The highest BCUT2D eigenvalue weighted by Crippen LogP contribution is 2.22. The van der Waals surface area contributed by atoms with Crippen LogP contribution in [0.1, 0.15) is 24.2 Å². The zero-order chi connectivity index (χ0) is 13.9. The van der Waals surface area contributed by atoms with E-state index in [9.17, 15) is 4.39 Å². The third-order valence-corrected chi connectivity index (χ3v) is 3.64. The van der Waals surface area contributed by atoms with Crippen LogP contribution in [0.5, 0.6) is 0 Å². The molecular formula is C16H19FN2O. The molecule has 20 heavy (non-hydrogen) atoms. The zero-order valence-electron chi connectivity index (χ0n) is 11.6. The molecule has 0 radical (unpaired) electrons. The maximum Gasteiger partial charge on any atom is 0.127 e. The Morgan fingerprint density at radius 1 is 1.25 bits per heavy atom. The summed E-state index contributed by atoms with van der Waals surface area (Å²) in [5.41, 5.74) is 2.18. The molecule has 0 amide bonds. The van der Waals surface area contributed by atoms with Gasteiger partial charge in [0.1, 0.15) is 11.6 Å². The van der Waals surface area contributed by atoms with E-state index in [1.807, 2.05) is 13.1 Å². The summed E-state index contributed by atoms with van der Waals surface area (Å²) in [6, 6.07) is 9.21. The number of hydrogen-bond acceptors (Lipinski definition) is 3. The van der Waals surface area contributed by atoms with Crippen molar-refractivity contribution in [2.24, 2.45) is 0 Å². The molecule has 0 saturated heterocycles. The third kappa shape index (κ3) is 3.20. The average molecular weight is 274 g/mol. The van der Waals surface area contributed by atoms with Crippen molar-refractivity contribution in [1.29, 1.82) is 0 Å². The van der Waals surface area contributed by atoms with Gasteiger partial charge >= 0.3 is 0 Å². The van der Waals surface area contributed by atoms with E-state index in [1.165, 1.54) is 30.5 Å². The Morgan fingerprint density at radius 3 is 2.70 bits per heavy atom. The normalized spacial score (nSPS) is 14.5. The third-order valence-electron chi connectivity index (χ3n) is 3.64. The van der Waals surface area contributed by atoms with Crippen LogP contribution in [-0.4, -0.2) is 13.1 Å². The highest BCUT2D eigenvalue weighted by atomic mass is 19.1. The number of rotatable bonds is 6. The van der Waals surface area contributed by atoms with E-state index in [2.05, 4.69) is 10.2 Å². The van der Waals surface area contributed by atoms with Gasteiger partial charge in [-0.05, 0) is 43.2 Å². The van der Waals surface area contributed by atoms with E-state index in [0.717, 1.165) is 18.0 Å². The van der Waals surface area contributed by atoms with Gasteiger partial charge in [-0.2, -0.15) is 0 Å². The van der Waals surface area contributed by atoms with Gasteiger partial charge in [0, 0.05) is 30.9 Å². The van der Waals surface area contributed by atoms with Crippen LogP contribution in [0.3, 0.4) is 0 Å². The smallest absolute Gasteiger partial charge is 0.127 e. The number of halogens is 1. The van der Waals surface area contributed by atoms with Gasteiger partial charge in [0.05, 0.1) is 12.8 Å². The van der Waals surface area contributed by atoms with Crippen molar-refractivity contribution < 1.29 is 8.81 Å². The number of anilines is 1. The first kappa shape index (κ1) is 13.2. The lowest BCUT2D eigenvalue weighted by Crippen LogP contribution is -2.19. The van der Waals surface area contributed by atoms with Crippen LogP contribution in [0, 0.1) is 5.82 Å². The summed E-state index contributed by atoms with van der Waals surface area (Å²) in [6.45, 7) is 1.54. The van der Waals surface area contributed by atoms with Gasteiger partial charge in [0.15, 0.2) is 0 Å². The molecule has 1 N–H and O–H groups in total. The number of benzene rings is 1. The Bertz CT molecular complexity index is 560. The van der Waals surface area contributed by atoms with E-state index in [0.29, 0.717) is 12.6 Å². The first-order chi connectivity index (χ1) is 9.72. The number of nitrogens with one attached hydrogen (secondary N) is 1. The molecule has 1 aliphatic rings.